The number of aliphatic hydroxyl groups excluding tert-OH is 1. The zero-order valence-corrected chi connectivity index (χ0v) is 12.2. The number of hydrogen-bond donors (Lipinski definition) is 1. The standard InChI is InChI=1S/C15H20O3S/c1-10(2)14-6-5-11(15(17)18-14)3-4-12-8-19-9-13(12)7-16/h5,8-10,14,16H,3-4,6-7H2,1-2H3. The molecule has 1 aromatic rings. The Kier molecular flexibility index (Phi) is 4.77. The van der Waals surface area contributed by atoms with Crippen molar-refractivity contribution in [3.8, 4) is 0 Å². The molecule has 0 bridgehead atoms. The number of hydrogen-bond acceptors (Lipinski definition) is 4. The van der Waals surface area contributed by atoms with Crippen LogP contribution in [0.25, 0.3) is 0 Å². The van der Waals surface area contributed by atoms with Crippen LogP contribution in [0.15, 0.2) is 22.4 Å². The molecule has 0 aromatic carbocycles. The molecule has 0 radical (unpaired) electrons. The summed E-state index contributed by atoms with van der Waals surface area (Å²) in [5, 5.41) is 13.2. The zero-order valence-electron chi connectivity index (χ0n) is 11.4. The van der Waals surface area contributed by atoms with Crippen LogP contribution in [-0.2, 0) is 22.6 Å². The van der Waals surface area contributed by atoms with Gasteiger partial charge >= 0.3 is 5.97 Å². The van der Waals surface area contributed by atoms with E-state index in [1.807, 2.05) is 16.8 Å². The third-order valence-corrected chi connectivity index (χ3v) is 4.37. The topological polar surface area (TPSA) is 46.5 Å². The molecule has 1 aliphatic rings. The van der Waals surface area contributed by atoms with E-state index in [1.54, 1.807) is 11.3 Å². The molecule has 1 N–H and O–H groups in total. The predicted octanol–water partition coefficient (Wildman–Crippen LogP) is 3.07. The van der Waals surface area contributed by atoms with Crippen molar-refractivity contribution < 1.29 is 14.6 Å². The molecular formula is C15H20O3S. The molecule has 0 aliphatic carbocycles. The highest BCUT2D eigenvalue weighted by atomic mass is 32.1. The highest BCUT2D eigenvalue weighted by Gasteiger charge is 2.24. The summed E-state index contributed by atoms with van der Waals surface area (Å²) in [5.74, 6) is 0.186. The largest absolute Gasteiger partial charge is 0.458 e. The Hall–Kier alpha value is -1.13. The summed E-state index contributed by atoms with van der Waals surface area (Å²) < 4.78 is 5.43. The van der Waals surface area contributed by atoms with Gasteiger partial charge in [0.1, 0.15) is 6.10 Å². The zero-order chi connectivity index (χ0) is 13.8. The fourth-order valence-electron chi connectivity index (χ4n) is 2.19. The molecule has 104 valence electrons. The third-order valence-electron chi connectivity index (χ3n) is 3.53. The second kappa shape index (κ2) is 6.35. The first kappa shape index (κ1) is 14.3. The van der Waals surface area contributed by atoms with E-state index in [9.17, 15) is 9.90 Å². The van der Waals surface area contributed by atoms with Gasteiger partial charge in [0.15, 0.2) is 0 Å². The van der Waals surface area contributed by atoms with E-state index in [0.717, 1.165) is 29.5 Å². The molecular weight excluding hydrogens is 260 g/mol. The molecule has 0 spiro atoms. The van der Waals surface area contributed by atoms with Crippen LogP contribution in [0.4, 0.5) is 0 Å². The Morgan fingerprint density at radius 1 is 1.37 bits per heavy atom. The minimum absolute atomic E-state index is 0.0189. The summed E-state index contributed by atoms with van der Waals surface area (Å²) in [5.41, 5.74) is 2.87. The molecule has 0 saturated carbocycles. The number of aryl methyl sites for hydroxylation is 1. The quantitative estimate of drug-likeness (QED) is 0.843. The van der Waals surface area contributed by atoms with Gasteiger partial charge in [0, 0.05) is 12.0 Å². The van der Waals surface area contributed by atoms with E-state index in [4.69, 9.17) is 4.74 Å². The maximum atomic E-state index is 11.9. The SMILES string of the molecule is CC(C)C1CC=C(CCc2cscc2CO)C(=O)O1. The van der Waals surface area contributed by atoms with Crippen molar-refractivity contribution >= 4 is 17.3 Å². The molecule has 2 heterocycles. The Bertz CT molecular complexity index is 473. The third kappa shape index (κ3) is 3.45. The number of rotatable bonds is 5. The number of carbonyl (C=O) groups is 1. The lowest BCUT2D eigenvalue weighted by Crippen LogP contribution is -2.28. The van der Waals surface area contributed by atoms with Crippen LogP contribution in [0.1, 0.15) is 37.8 Å². The molecule has 1 unspecified atom stereocenters. The van der Waals surface area contributed by atoms with Crippen LogP contribution in [0.2, 0.25) is 0 Å². The van der Waals surface area contributed by atoms with Gasteiger partial charge in [-0.2, -0.15) is 11.3 Å². The maximum absolute atomic E-state index is 11.9. The average molecular weight is 280 g/mol. The van der Waals surface area contributed by atoms with Crippen molar-refractivity contribution in [1.29, 1.82) is 0 Å². The fraction of sp³-hybridized carbons (Fsp3) is 0.533. The molecule has 1 aliphatic heterocycles. The maximum Gasteiger partial charge on any atom is 0.333 e. The Morgan fingerprint density at radius 2 is 2.11 bits per heavy atom. The van der Waals surface area contributed by atoms with Crippen molar-refractivity contribution in [1.82, 2.24) is 0 Å². The van der Waals surface area contributed by atoms with Gasteiger partial charge in [-0.25, -0.2) is 4.79 Å². The van der Waals surface area contributed by atoms with Crippen LogP contribution in [0.5, 0.6) is 0 Å². The minimum atomic E-state index is -0.175. The first-order chi connectivity index (χ1) is 9.11. The van der Waals surface area contributed by atoms with Gasteiger partial charge in [0.05, 0.1) is 6.61 Å². The number of aliphatic hydroxyl groups is 1. The normalized spacial score (nSPS) is 19.5. The van der Waals surface area contributed by atoms with Crippen LogP contribution in [-0.4, -0.2) is 17.2 Å². The molecule has 0 amide bonds. The number of thiophene rings is 1. The number of cyclic esters (lactones) is 1. The van der Waals surface area contributed by atoms with Gasteiger partial charge in [0.25, 0.3) is 0 Å². The highest BCUT2D eigenvalue weighted by Crippen LogP contribution is 2.24. The molecule has 1 atom stereocenters. The predicted molar refractivity (Wildman–Crippen MR) is 76.0 cm³/mol. The van der Waals surface area contributed by atoms with E-state index >= 15 is 0 Å². The van der Waals surface area contributed by atoms with Crippen molar-refractivity contribution in [2.75, 3.05) is 0 Å². The lowest BCUT2D eigenvalue weighted by atomic mass is 9.97. The summed E-state index contributed by atoms with van der Waals surface area (Å²) in [4.78, 5) is 11.9. The number of ether oxygens (including phenoxy) is 1. The van der Waals surface area contributed by atoms with Crippen LogP contribution in [0, 0.1) is 5.92 Å². The van der Waals surface area contributed by atoms with Gasteiger partial charge in [-0.3, -0.25) is 0 Å². The van der Waals surface area contributed by atoms with E-state index in [2.05, 4.69) is 13.8 Å². The average Bonchev–Trinajstić information content (AvgIpc) is 2.84. The number of carbonyl (C=O) groups excluding carboxylic acids is 1. The number of esters is 1. The van der Waals surface area contributed by atoms with E-state index in [1.165, 1.54) is 0 Å². The molecule has 0 saturated heterocycles. The van der Waals surface area contributed by atoms with E-state index in [0.29, 0.717) is 12.3 Å². The molecule has 2 rings (SSSR count). The van der Waals surface area contributed by atoms with Crippen molar-refractivity contribution in [3.63, 3.8) is 0 Å². The van der Waals surface area contributed by atoms with E-state index < -0.39 is 0 Å². The van der Waals surface area contributed by atoms with Gasteiger partial charge in [-0.15, -0.1) is 0 Å². The van der Waals surface area contributed by atoms with Crippen molar-refractivity contribution in [2.24, 2.45) is 5.92 Å². The molecule has 19 heavy (non-hydrogen) atoms. The van der Waals surface area contributed by atoms with Crippen molar-refractivity contribution in [2.45, 2.75) is 45.8 Å². The second-order valence-corrected chi connectivity index (χ2v) is 5.98. The van der Waals surface area contributed by atoms with Gasteiger partial charge < -0.3 is 9.84 Å². The summed E-state index contributed by atoms with van der Waals surface area (Å²) >= 11 is 1.59. The van der Waals surface area contributed by atoms with Crippen LogP contribution in [0.3, 0.4) is 0 Å². The van der Waals surface area contributed by atoms with Gasteiger partial charge in [0.2, 0.25) is 0 Å². The fourth-order valence-corrected chi connectivity index (χ4v) is 3.08. The first-order valence-corrected chi connectivity index (χ1v) is 7.61. The lowest BCUT2D eigenvalue weighted by Gasteiger charge is -2.25. The van der Waals surface area contributed by atoms with Gasteiger partial charge in [-0.1, -0.05) is 19.9 Å². The molecule has 1 aromatic heterocycles. The minimum Gasteiger partial charge on any atom is -0.458 e. The summed E-state index contributed by atoms with van der Waals surface area (Å²) in [7, 11) is 0. The summed E-state index contributed by atoms with van der Waals surface area (Å²) in [6, 6.07) is 0. The highest BCUT2D eigenvalue weighted by molar-refractivity contribution is 7.08. The Balaban J connectivity index is 1.95. The molecule has 4 heteroatoms. The first-order valence-electron chi connectivity index (χ1n) is 6.66. The smallest absolute Gasteiger partial charge is 0.333 e. The molecule has 3 nitrogen and oxygen atoms in total. The van der Waals surface area contributed by atoms with Crippen molar-refractivity contribution in [3.05, 3.63) is 33.5 Å². The molecule has 0 fully saturated rings. The lowest BCUT2D eigenvalue weighted by molar-refractivity contribution is -0.147. The Morgan fingerprint density at radius 3 is 2.74 bits per heavy atom. The Labute approximate surface area is 117 Å². The van der Waals surface area contributed by atoms with Crippen LogP contribution >= 0.6 is 11.3 Å². The van der Waals surface area contributed by atoms with Crippen LogP contribution < -0.4 is 0 Å². The summed E-state index contributed by atoms with van der Waals surface area (Å²) in [6.45, 7) is 4.20. The second-order valence-electron chi connectivity index (χ2n) is 5.23. The summed E-state index contributed by atoms with van der Waals surface area (Å²) in [6.07, 6.45) is 4.32. The monoisotopic (exact) mass is 280 g/mol. The van der Waals surface area contributed by atoms with Gasteiger partial charge in [-0.05, 0) is 40.6 Å². The van der Waals surface area contributed by atoms with E-state index in [-0.39, 0.29) is 18.7 Å².